The first-order valence-corrected chi connectivity index (χ1v) is 7.55. The highest BCUT2D eigenvalue weighted by molar-refractivity contribution is 7.89. The maximum atomic E-state index is 11.7. The Morgan fingerprint density at radius 1 is 1.38 bits per heavy atom. The van der Waals surface area contributed by atoms with Gasteiger partial charge in [-0.1, -0.05) is 0 Å². The first-order chi connectivity index (χ1) is 7.64. The van der Waals surface area contributed by atoms with Crippen LogP contribution >= 0.6 is 0 Å². The van der Waals surface area contributed by atoms with Crippen molar-refractivity contribution < 1.29 is 13.2 Å². The minimum absolute atomic E-state index is 0.251. The fraction of sp³-hybridized carbons (Fsp3) is 1.00. The Balaban J connectivity index is 2.22. The molecule has 0 unspecified atom stereocenters. The molecule has 1 aliphatic heterocycles. The summed E-state index contributed by atoms with van der Waals surface area (Å²) in [7, 11) is -3.12. The van der Waals surface area contributed by atoms with Gasteiger partial charge in [0.2, 0.25) is 10.0 Å². The number of nitrogens with one attached hydrogen (secondary N) is 2. The number of sulfonamides is 1. The van der Waals surface area contributed by atoms with Gasteiger partial charge in [0.25, 0.3) is 0 Å². The Morgan fingerprint density at radius 2 is 2.06 bits per heavy atom. The summed E-state index contributed by atoms with van der Waals surface area (Å²) in [5.41, 5.74) is 0. The lowest BCUT2D eigenvalue weighted by Gasteiger charge is -2.22. The molecule has 1 rings (SSSR count). The molecule has 1 aliphatic rings. The average Bonchev–Trinajstić information content (AvgIpc) is 2.25. The molecule has 0 spiro atoms. The van der Waals surface area contributed by atoms with Crippen LogP contribution in [0, 0.1) is 5.92 Å². The standard InChI is InChI=1S/C10H22N2O3S/c1-2-15-8-7-12-16(13,14)9-10-3-5-11-6-4-10/h10-12H,2-9H2,1H3. The number of hydrogen-bond donors (Lipinski definition) is 2. The first kappa shape index (κ1) is 13.9. The van der Waals surface area contributed by atoms with Crippen LogP contribution in [-0.2, 0) is 14.8 Å². The molecule has 0 bridgehead atoms. The summed E-state index contributed by atoms with van der Waals surface area (Å²) in [4.78, 5) is 0. The molecule has 0 aromatic rings. The van der Waals surface area contributed by atoms with Crippen LogP contribution in [-0.4, -0.2) is 47.0 Å². The zero-order valence-corrected chi connectivity index (χ0v) is 10.7. The van der Waals surface area contributed by atoms with E-state index in [4.69, 9.17) is 4.74 Å². The average molecular weight is 250 g/mol. The van der Waals surface area contributed by atoms with Crippen LogP contribution in [0.4, 0.5) is 0 Å². The van der Waals surface area contributed by atoms with Crippen molar-refractivity contribution in [3.63, 3.8) is 0 Å². The van der Waals surface area contributed by atoms with Gasteiger partial charge in [-0.3, -0.25) is 0 Å². The second kappa shape index (κ2) is 7.21. The van der Waals surface area contributed by atoms with Crippen LogP contribution < -0.4 is 10.0 Å². The predicted molar refractivity (Wildman–Crippen MR) is 63.9 cm³/mol. The third kappa shape index (κ3) is 5.79. The van der Waals surface area contributed by atoms with Gasteiger partial charge in [0, 0.05) is 13.2 Å². The van der Waals surface area contributed by atoms with Crippen LogP contribution in [0.25, 0.3) is 0 Å². The molecule has 0 aromatic carbocycles. The third-order valence-corrected chi connectivity index (χ3v) is 4.24. The molecule has 0 aromatic heterocycles. The lowest BCUT2D eigenvalue weighted by Crippen LogP contribution is -2.36. The van der Waals surface area contributed by atoms with Crippen molar-refractivity contribution in [3.8, 4) is 0 Å². The van der Waals surface area contributed by atoms with Gasteiger partial charge in [-0.15, -0.1) is 0 Å². The molecule has 0 radical (unpaired) electrons. The van der Waals surface area contributed by atoms with Gasteiger partial charge >= 0.3 is 0 Å². The van der Waals surface area contributed by atoms with E-state index in [0.29, 0.717) is 25.7 Å². The Bertz CT molecular complexity index is 274. The van der Waals surface area contributed by atoms with Crippen LogP contribution in [0.15, 0.2) is 0 Å². The highest BCUT2D eigenvalue weighted by atomic mass is 32.2. The van der Waals surface area contributed by atoms with Gasteiger partial charge in [-0.25, -0.2) is 13.1 Å². The number of piperidine rings is 1. The summed E-state index contributed by atoms with van der Waals surface area (Å²) in [5, 5.41) is 3.23. The van der Waals surface area contributed by atoms with Gasteiger partial charge in [0.1, 0.15) is 0 Å². The first-order valence-electron chi connectivity index (χ1n) is 5.90. The van der Waals surface area contributed by atoms with Gasteiger partial charge in [0.15, 0.2) is 0 Å². The van der Waals surface area contributed by atoms with Crippen LogP contribution in [0.3, 0.4) is 0 Å². The minimum Gasteiger partial charge on any atom is -0.380 e. The maximum Gasteiger partial charge on any atom is 0.211 e. The lowest BCUT2D eigenvalue weighted by atomic mass is 10.0. The van der Waals surface area contributed by atoms with E-state index < -0.39 is 10.0 Å². The molecule has 2 N–H and O–H groups in total. The molecule has 6 heteroatoms. The van der Waals surface area contributed by atoms with Crippen LogP contribution in [0.5, 0.6) is 0 Å². The van der Waals surface area contributed by atoms with E-state index in [1.165, 1.54) is 0 Å². The molecule has 1 saturated heterocycles. The Labute approximate surface area is 98.0 Å². The fourth-order valence-electron chi connectivity index (χ4n) is 1.83. The summed E-state index contributed by atoms with van der Waals surface area (Å²) in [6.45, 7) is 5.20. The summed E-state index contributed by atoms with van der Waals surface area (Å²) >= 11 is 0. The number of hydrogen-bond acceptors (Lipinski definition) is 4. The molecule has 0 saturated carbocycles. The van der Waals surface area contributed by atoms with E-state index in [9.17, 15) is 8.42 Å². The van der Waals surface area contributed by atoms with E-state index >= 15 is 0 Å². The SMILES string of the molecule is CCOCCNS(=O)(=O)CC1CCNCC1. The normalized spacial score (nSPS) is 18.8. The molecule has 16 heavy (non-hydrogen) atoms. The van der Waals surface area contributed by atoms with E-state index in [1.54, 1.807) is 0 Å². The van der Waals surface area contributed by atoms with Crippen molar-refractivity contribution in [2.24, 2.45) is 5.92 Å². The van der Waals surface area contributed by atoms with Gasteiger partial charge < -0.3 is 10.1 Å². The summed E-state index contributed by atoms with van der Waals surface area (Å²) < 4.78 is 31.0. The molecule has 1 heterocycles. The van der Waals surface area contributed by atoms with Gasteiger partial charge in [-0.2, -0.15) is 0 Å². The molecule has 96 valence electrons. The molecule has 1 fully saturated rings. The van der Waals surface area contributed by atoms with E-state index in [0.717, 1.165) is 25.9 Å². The quantitative estimate of drug-likeness (QED) is 0.621. The highest BCUT2D eigenvalue weighted by Crippen LogP contribution is 2.13. The smallest absolute Gasteiger partial charge is 0.211 e. The summed E-state index contributed by atoms with van der Waals surface area (Å²) in [5.74, 6) is 0.548. The van der Waals surface area contributed by atoms with E-state index in [2.05, 4.69) is 10.0 Å². The maximum absolute atomic E-state index is 11.7. The number of ether oxygens (including phenoxy) is 1. The van der Waals surface area contributed by atoms with Crippen LogP contribution in [0.1, 0.15) is 19.8 Å². The van der Waals surface area contributed by atoms with Crippen molar-refractivity contribution in [3.05, 3.63) is 0 Å². The zero-order chi connectivity index (χ0) is 11.9. The van der Waals surface area contributed by atoms with Gasteiger partial charge in [0.05, 0.1) is 12.4 Å². The van der Waals surface area contributed by atoms with E-state index in [-0.39, 0.29) is 5.75 Å². The summed E-state index contributed by atoms with van der Waals surface area (Å²) in [6, 6.07) is 0. The van der Waals surface area contributed by atoms with Crippen molar-refractivity contribution in [1.29, 1.82) is 0 Å². The molecular weight excluding hydrogens is 228 g/mol. The predicted octanol–water partition coefficient (Wildman–Crippen LogP) is -0.0581. The second-order valence-electron chi connectivity index (χ2n) is 4.07. The fourth-order valence-corrected chi connectivity index (χ4v) is 3.30. The molecule has 5 nitrogen and oxygen atoms in total. The molecule has 0 atom stereocenters. The van der Waals surface area contributed by atoms with Crippen molar-refractivity contribution in [2.45, 2.75) is 19.8 Å². The Hall–Kier alpha value is -0.170. The lowest BCUT2D eigenvalue weighted by molar-refractivity contribution is 0.153. The minimum atomic E-state index is -3.12. The molecule has 0 amide bonds. The monoisotopic (exact) mass is 250 g/mol. The largest absolute Gasteiger partial charge is 0.380 e. The Kier molecular flexibility index (Phi) is 6.26. The highest BCUT2D eigenvalue weighted by Gasteiger charge is 2.20. The molecular formula is C10H22N2O3S. The van der Waals surface area contributed by atoms with E-state index in [1.807, 2.05) is 6.92 Å². The molecule has 0 aliphatic carbocycles. The zero-order valence-electron chi connectivity index (χ0n) is 9.87. The number of rotatable bonds is 7. The summed E-state index contributed by atoms with van der Waals surface area (Å²) in [6.07, 6.45) is 1.90. The van der Waals surface area contributed by atoms with Crippen molar-refractivity contribution >= 4 is 10.0 Å². The second-order valence-corrected chi connectivity index (χ2v) is 5.92. The topological polar surface area (TPSA) is 67.4 Å². The Morgan fingerprint density at radius 3 is 2.69 bits per heavy atom. The van der Waals surface area contributed by atoms with Crippen molar-refractivity contribution in [1.82, 2.24) is 10.0 Å². The third-order valence-electron chi connectivity index (χ3n) is 2.69. The van der Waals surface area contributed by atoms with Gasteiger partial charge in [-0.05, 0) is 38.8 Å². The van der Waals surface area contributed by atoms with Crippen LogP contribution in [0.2, 0.25) is 0 Å². The van der Waals surface area contributed by atoms with Crippen molar-refractivity contribution in [2.75, 3.05) is 38.6 Å².